The van der Waals surface area contributed by atoms with Crippen LogP contribution in [0.25, 0.3) is 10.9 Å². The van der Waals surface area contributed by atoms with Gasteiger partial charge in [0.1, 0.15) is 17.8 Å². The Morgan fingerprint density at radius 2 is 2.23 bits per heavy atom. The molecule has 0 saturated carbocycles. The van der Waals surface area contributed by atoms with E-state index in [1.807, 2.05) is 29.0 Å². The van der Waals surface area contributed by atoms with E-state index in [2.05, 4.69) is 10.3 Å². The minimum absolute atomic E-state index is 0.145. The van der Waals surface area contributed by atoms with E-state index < -0.39 is 11.4 Å². The van der Waals surface area contributed by atoms with Crippen LogP contribution in [0.4, 0.5) is 15.8 Å². The molecule has 0 aliphatic carbocycles. The SMILES string of the molecule is Cc1cn2c3c(c(NCCCc4ccccn4)c(F)c(N)c3c1=O)OCC21CCOC1. The number of benzene rings is 1. The molecule has 1 spiro atoms. The van der Waals surface area contributed by atoms with Gasteiger partial charge in [0.2, 0.25) is 0 Å². The lowest BCUT2D eigenvalue weighted by atomic mass is 9.94. The summed E-state index contributed by atoms with van der Waals surface area (Å²) in [6.45, 7) is 3.68. The fraction of sp³-hybridized carbons (Fsp3) is 0.391. The Bertz CT molecular complexity index is 1200. The van der Waals surface area contributed by atoms with Gasteiger partial charge in [-0.3, -0.25) is 9.78 Å². The highest BCUT2D eigenvalue weighted by Gasteiger charge is 2.43. The maximum atomic E-state index is 15.3. The number of ether oxygens (including phenoxy) is 2. The van der Waals surface area contributed by atoms with Crippen LogP contribution in [0.5, 0.6) is 5.75 Å². The smallest absolute Gasteiger partial charge is 0.194 e. The zero-order valence-corrected chi connectivity index (χ0v) is 17.4. The molecule has 1 fully saturated rings. The average Bonchev–Trinajstić information content (AvgIpc) is 3.25. The van der Waals surface area contributed by atoms with Crippen molar-refractivity contribution >= 4 is 22.3 Å². The third-order valence-corrected chi connectivity index (χ3v) is 6.27. The van der Waals surface area contributed by atoms with Gasteiger partial charge in [-0.25, -0.2) is 4.39 Å². The largest absolute Gasteiger partial charge is 0.487 e. The minimum Gasteiger partial charge on any atom is -0.487 e. The Labute approximate surface area is 179 Å². The highest BCUT2D eigenvalue weighted by molar-refractivity contribution is 6.00. The van der Waals surface area contributed by atoms with Gasteiger partial charge in [0.15, 0.2) is 17.0 Å². The first-order chi connectivity index (χ1) is 15.0. The zero-order valence-electron chi connectivity index (χ0n) is 17.4. The molecule has 31 heavy (non-hydrogen) atoms. The number of anilines is 2. The standard InChI is InChI=1S/C23H25FN4O3/c1-14-11-28-20-16(21(14)29)18(25)17(24)19(22(20)31-13-23(28)7-10-30-12-23)27-9-4-6-15-5-2-3-8-26-15/h2-3,5,8,11,27H,4,6-7,9-10,12-13,25H2,1H3. The number of fused-ring (bicyclic) bond motifs is 1. The van der Waals surface area contributed by atoms with E-state index in [-0.39, 0.29) is 22.2 Å². The summed E-state index contributed by atoms with van der Waals surface area (Å²) in [5.41, 5.74) is 7.58. The van der Waals surface area contributed by atoms with Crippen LogP contribution in [0.1, 0.15) is 24.1 Å². The average molecular weight is 424 g/mol. The van der Waals surface area contributed by atoms with Crippen LogP contribution in [0.2, 0.25) is 0 Å². The summed E-state index contributed by atoms with van der Waals surface area (Å²) in [5.74, 6) is -0.303. The van der Waals surface area contributed by atoms with E-state index in [1.54, 1.807) is 13.1 Å². The Kier molecular flexibility index (Phi) is 4.81. The lowest BCUT2D eigenvalue weighted by Gasteiger charge is -2.38. The van der Waals surface area contributed by atoms with Crippen LogP contribution in [-0.4, -0.2) is 35.9 Å². The van der Waals surface area contributed by atoms with Gasteiger partial charge in [-0.05, 0) is 38.3 Å². The quantitative estimate of drug-likeness (QED) is 0.483. The molecule has 1 atom stereocenters. The molecule has 2 aliphatic rings. The van der Waals surface area contributed by atoms with Crippen molar-refractivity contribution in [2.75, 3.05) is 37.4 Å². The first-order valence-electron chi connectivity index (χ1n) is 10.5. The molecule has 2 aliphatic heterocycles. The number of nitrogens with zero attached hydrogens (tertiary/aromatic N) is 2. The van der Waals surface area contributed by atoms with E-state index in [1.165, 1.54) is 0 Å². The Hall–Kier alpha value is -3.13. The third-order valence-electron chi connectivity index (χ3n) is 6.27. The number of halogens is 1. The van der Waals surface area contributed by atoms with Crippen molar-refractivity contribution in [1.29, 1.82) is 0 Å². The lowest BCUT2D eigenvalue weighted by Crippen LogP contribution is -2.44. The van der Waals surface area contributed by atoms with Crippen LogP contribution in [0.15, 0.2) is 35.4 Å². The number of hydrogen-bond acceptors (Lipinski definition) is 6. The summed E-state index contributed by atoms with van der Waals surface area (Å²) in [5, 5.41) is 3.33. The van der Waals surface area contributed by atoms with Crippen molar-refractivity contribution < 1.29 is 13.9 Å². The van der Waals surface area contributed by atoms with Crippen molar-refractivity contribution in [3.05, 3.63) is 57.9 Å². The highest BCUT2D eigenvalue weighted by Crippen LogP contribution is 2.46. The third kappa shape index (κ3) is 3.13. The predicted molar refractivity (Wildman–Crippen MR) is 117 cm³/mol. The molecular weight excluding hydrogens is 399 g/mol. The van der Waals surface area contributed by atoms with Crippen LogP contribution >= 0.6 is 0 Å². The number of aryl methyl sites for hydroxylation is 2. The number of pyridine rings is 2. The van der Waals surface area contributed by atoms with Gasteiger partial charge >= 0.3 is 0 Å². The van der Waals surface area contributed by atoms with Gasteiger partial charge in [-0.15, -0.1) is 0 Å². The normalized spacial score (nSPS) is 19.7. The van der Waals surface area contributed by atoms with Crippen LogP contribution in [0, 0.1) is 12.7 Å². The van der Waals surface area contributed by atoms with Gasteiger partial charge < -0.3 is 25.1 Å². The minimum atomic E-state index is -0.645. The Morgan fingerprint density at radius 3 is 2.97 bits per heavy atom. The maximum absolute atomic E-state index is 15.3. The summed E-state index contributed by atoms with van der Waals surface area (Å²) < 4.78 is 29.1. The van der Waals surface area contributed by atoms with Crippen molar-refractivity contribution in [2.45, 2.75) is 31.7 Å². The molecule has 1 saturated heterocycles. The Morgan fingerprint density at radius 1 is 1.35 bits per heavy atom. The van der Waals surface area contributed by atoms with Gasteiger partial charge in [-0.1, -0.05) is 6.07 Å². The van der Waals surface area contributed by atoms with E-state index >= 15 is 4.39 Å². The summed E-state index contributed by atoms with van der Waals surface area (Å²) in [6.07, 6.45) is 5.86. The molecule has 0 bridgehead atoms. The summed E-state index contributed by atoms with van der Waals surface area (Å²) in [7, 11) is 0. The molecule has 2 aromatic heterocycles. The van der Waals surface area contributed by atoms with Gasteiger partial charge in [0, 0.05) is 36.8 Å². The van der Waals surface area contributed by atoms with E-state index in [4.69, 9.17) is 15.2 Å². The van der Waals surface area contributed by atoms with Crippen molar-refractivity contribution in [2.24, 2.45) is 0 Å². The number of nitrogens with one attached hydrogen (secondary N) is 1. The molecule has 4 heterocycles. The first kappa shape index (κ1) is 19.8. The highest BCUT2D eigenvalue weighted by atomic mass is 19.1. The first-order valence-corrected chi connectivity index (χ1v) is 10.5. The zero-order chi connectivity index (χ0) is 21.6. The fourth-order valence-corrected chi connectivity index (χ4v) is 4.56. The summed E-state index contributed by atoms with van der Waals surface area (Å²) in [4.78, 5) is 17.2. The topological polar surface area (TPSA) is 91.4 Å². The predicted octanol–water partition coefficient (Wildman–Crippen LogP) is 2.98. The van der Waals surface area contributed by atoms with Crippen LogP contribution in [0.3, 0.4) is 0 Å². The molecule has 0 amide bonds. The van der Waals surface area contributed by atoms with Gasteiger partial charge in [-0.2, -0.15) is 0 Å². The maximum Gasteiger partial charge on any atom is 0.194 e. The molecule has 1 aromatic carbocycles. The second-order valence-electron chi connectivity index (χ2n) is 8.33. The number of aromatic nitrogens is 2. The van der Waals surface area contributed by atoms with Gasteiger partial charge in [0.25, 0.3) is 0 Å². The van der Waals surface area contributed by atoms with Gasteiger partial charge in [0.05, 0.1) is 23.2 Å². The van der Waals surface area contributed by atoms with Crippen LogP contribution < -0.4 is 21.2 Å². The number of nitrogens with two attached hydrogens (primary N) is 1. The molecule has 0 radical (unpaired) electrons. The van der Waals surface area contributed by atoms with E-state index in [9.17, 15) is 4.79 Å². The van der Waals surface area contributed by atoms with E-state index in [0.29, 0.717) is 43.2 Å². The molecule has 3 N–H and O–H groups in total. The summed E-state index contributed by atoms with van der Waals surface area (Å²) in [6, 6.07) is 5.79. The monoisotopic (exact) mass is 424 g/mol. The lowest BCUT2D eigenvalue weighted by molar-refractivity contribution is 0.103. The number of rotatable bonds is 5. The van der Waals surface area contributed by atoms with Crippen molar-refractivity contribution in [3.8, 4) is 5.75 Å². The fourth-order valence-electron chi connectivity index (χ4n) is 4.56. The molecule has 3 aromatic rings. The van der Waals surface area contributed by atoms with Crippen molar-refractivity contribution in [3.63, 3.8) is 0 Å². The van der Waals surface area contributed by atoms with Crippen LogP contribution in [-0.2, 0) is 16.7 Å². The number of hydrogen-bond donors (Lipinski definition) is 2. The second kappa shape index (κ2) is 7.53. The summed E-state index contributed by atoms with van der Waals surface area (Å²) >= 11 is 0. The molecule has 1 unspecified atom stereocenters. The number of nitrogen functional groups attached to an aromatic ring is 1. The Balaban J connectivity index is 1.56. The molecule has 7 nitrogen and oxygen atoms in total. The molecule has 162 valence electrons. The molecular formula is C23H25FN4O3. The molecule has 5 rings (SSSR count). The molecule has 8 heteroatoms. The van der Waals surface area contributed by atoms with E-state index in [0.717, 1.165) is 25.0 Å². The second-order valence-corrected chi connectivity index (χ2v) is 8.33. The van der Waals surface area contributed by atoms with Crippen molar-refractivity contribution in [1.82, 2.24) is 9.55 Å².